The molecule has 2 aliphatic heterocycles. The number of aliphatic hydroxyl groups excluding tert-OH is 2. The van der Waals surface area contributed by atoms with Crippen molar-refractivity contribution in [2.75, 3.05) is 6.61 Å². The molecule has 31 heavy (non-hydrogen) atoms. The van der Waals surface area contributed by atoms with E-state index in [4.69, 9.17) is 9.47 Å². The van der Waals surface area contributed by atoms with Gasteiger partial charge in [0.2, 0.25) is 0 Å². The molecule has 6 rings (SSSR count). The summed E-state index contributed by atoms with van der Waals surface area (Å²) in [5.74, 6) is 3.46. The molecule has 176 valence electrons. The Balaban J connectivity index is 1.29. The predicted octanol–water partition coefficient (Wildman–Crippen LogP) is 4.76. The van der Waals surface area contributed by atoms with Crippen molar-refractivity contribution >= 4 is 0 Å². The number of fused-ring (bicyclic) bond motifs is 7. The van der Waals surface area contributed by atoms with Gasteiger partial charge >= 0.3 is 0 Å². The van der Waals surface area contributed by atoms with Gasteiger partial charge in [-0.15, -0.1) is 0 Å². The molecule has 4 heteroatoms. The fraction of sp³-hybridized carbons (Fsp3) is 1.00. The van der Waals surface area contributed by atoms with Crippen molar-refractivity contribution < 1.29 is 19.7 Å². The zero-order valence-electron chi connectivity index (χ0n) is 20.1. The van der Waals surface area contributed by atoms with Crippen LogP contribution in [0.5, 0.6) is 0 Å². The molecule has 2 saturated heterocycles. The lowest BCUT2D eigenvalue weighted by Crippen LogP contribution is -2.59. The van der Waals surface area contributed by atoms with Gasteiger partial charge in [0.1, 0.15) is 0 Å². The molecule has 0 unspecified atom stereocenters. The van der Waals surface area contributed by atoms with Crippen LogP contribution in [0.1, 0.15) is 85.5 Å². The third-order valence-corrected chi connectivity index (χ3v) is 12.0. The van der Waals surface area contributed by atoms with Crippen LogP contribution in [-0.4, -0.2) is 40.9 Å². The van der Waals surface area contributed by atoms with Crippen LogP contribution in [-0.2, 0) is 9.47 Å². The van der Waals surface area contributed by atoms with Crippen molar-refractivity contribution in [1.29, 1.82) is 0 Å². The first-order valence-electron chi connectivity index (χ1n) is 13.4. The molecule has 0 radical (unpaired) electrons. The lowest BCUT2D eigenvalue weighted by atomic mass is 9.43. The van der Waals surface area contributed by atoms with Crippen molar-refractivity contribution in [3.63, 3.8) is 0 Å². The molecule has 13 atom stereocenters. The maximum Gasteiger partial charge on any atom is 0.171 e. The van der Waals surface area contributed by atoms with Crippen LogP contribution in [0, 0.1) is 52.3 Å². The van der Waals surface area contributed by atoms with Gasteiger partial charge in [-0.2, -0.15) is 0 Å². The predicted molar refractivity (Wildman–Crippen MR) is 119 cm³/mol. The Labute approximate surface area is 188 Å². The molecule has 6 fully saturated rings. The first-order valence-corrected chi connectivity index (χ1v) is 13.4. The summed E-state index contributed by atoms with van der Waals surface area (Å²) >= 11 is 0. The maximum absolute atomic E-state index is 11.8. The van der Waals surface area contributed by atoms with Crippen LogP contribution in [0.15, 0.2) is 0 Å². The summed E-state index contributed by atoms with van der Waals surface area (Å²) in [6.07, 6.45) is 9.70. The van der Waals surface area contributed by atoms with Crippen LogP contribution in [0.25, 0.3) is 0 Å². The quantitative estimate of drug-likeness (QED) is 0.579. The lowest BCUT2D eigenvalue weighted by Gasteiger charge is -2.62. The van der Waals surface area contributed by atoms with Crippen molar-refractivity contribution in [1.82, 2.24) is 0 Å². The zero-order valence-corrected chi connectivity index (χ0v) is 20.1. The number of ether oxygens (including phenoxy) is 2. The minimum absolute atomic E-state index is 0.0570. The van der Waals surface area contributed by atoms with Gasteiger partial charge in [-0.25, -0.2) is 0 Å². The standard InChI is InChI=1S/C27H44O4/c1-15-7-10-27(30-14-15)16(2)24-22(31-27)12-21-19-6-5-17-11-18(28)8-9-25(17,3)20(19)13-23(29)26(21,24)4/h15-24,28-29H,5-14H2,1-4H3/t15-,16+,17+,18+,19+,20+,21-,22+,23+,24+,25+,26-,27-/m1/s1. The minimum atomic E-state index is -0.407. The van der Waals surface area contributed by atoms with E-state index in [1.165, 1.54) is 19.3 Å². The van der Waals surface area contributed by atoms with E-state index in [-0.39, 0.29) is 23.7 Å². The van der Waals surface area contributed by atoms with E-state index in [2.05, 4.69) is 27.7 Å². The molecule has 0 aromatic heterocycles. The van der Waals surface area contributed by atoms with Crippen LogP contribution >= 0.6 is 0 Å². The largest absolute Gasteiger partial charge is 0.393 e. The average molecular weight is 433 g/mol. The molecule has 2 heterocycles. The second kappa shape index (κ2) is 6.93. The summed E-state index contributed by atoms with van der Waals surface area (Å²) in [5, 5.41) is 22.1. The van der Waals surface area contributed by atoms with Gasteiger partial charge < -0.3 is 19.7 Å². The summed E-state index contributed by atoms with van der Waals surface area (Å²) in [6.45, 7) is 10.3. The monoisotopic (exact) mass is 432 g/mol. The normalized spacial score (nSPS) is 63.3. The molecule has 4 aliphatic carbocycles. The van der Waals surface area contributed by atoms with Gasteiger partial charge in [-0.1, -0.05) is 27.7 Å². The van der Waals surface area contributed by atoms with E-state index < -0.39 is 5.79 Å². The van der Waals surface area contributed by atoms with Crippen LogP contribution in [0.2, 0.25) is 0 Å². The van der Waals surface area contributed by atoms with E-state index in [0.29, 0.717) is 46.8 Å². The highest BCUT2D eigenvalue weighted by molar-refractivity contribution is 5.17. The molecule has 1 spiro atoms. The summed E-state index contributed by atoms with van der Waals surface area (Å²) in [7, 11) is 0. The number of aliphatic hydroxyl groups is 2. The van der Waals surface area contributed by atoms with E-state index in [1.54, 1.807) is 0 Å². The van der Waals surface area contributed by atoms with Crippen LogP contribution < -0.4 is 0 Å². The Morgan fingerprint density at radius 2 is 1.68 bits per heavy atom. The Bertz CT molecular complexity index is 716. The fourth-order valence-electron chi connectivity index (χ4n) is 10.2. The Hall–Kier alpha value is -0.160. The number of hydrogen-bond donors (Lipinski definition) is 2. The van der Waals surface area contributed by atoms with E-state index >= 15 is 0 Å². The van der Waals surface area contributed by atoms with Crippen molar-refractivity contribution in [2.45, 2.75) is 110 Å². The van der Waals surface area contributed by atoms with Crippen LogP contribution in [0.4, 0.5) is 0 Å². The van der Waals surface area contributed by atoms with Crippen molar-refractivity contribution in [3.05, 3.63) is 0 Å². The molecule has 0 amide bonds. The molecule has 4 nitrogen and oxygen atoms in total. The SMILES string of the molecule is C[C@@H]1CC[C@@]2(OC1)O[C@H]1C[C@@H]3[C@H]4CC[C@H]5C[C@@H](O)CC[C@]5(C)[C@H]4C[C@H](O)[C@]3(C)[C@H]1[C@@H]2C. The Kier molecular flexibility index (Phi) is 4.78. The minimum Gasteiger partial charge on any atom is -0.393 e. The molecular weight excluding hydrogens is 388 g/mol. The number of hydrogen-bond acceptors (Lipinski definition) is 4. The Morgan fingerprint density at radius 3 is 2.42 bits per heavy atom. The summed E-state index contributed by atoms with van der Waals surface area (Å²) < 4.78 is 13.3. The molecule has 0 bridgehead atoms. The Morgan fingerprint density at radius 1 is 0.871 bits per heavy atom. The molecule has 2 N–H and O–H groups in total. The second-order valence-corrected chi connectivity index (χ2v) is 13.2. The molecule has 0 aromatic carbocycles. The molecule has 6 aliphatic rings. The second-order valence-electron chi connectivity index (χ2n) is 13.2. The molecule has 0 aromatic rings. The van der Waals surface area contributed by atoms with Gasteiger partial charge in [0, 0.05) is 23.7 Å². The molecule has 4 saturated carbocycles. The highest BCUT2D eigenvalue weighted by atomic mass is 16.7. The first-order chi connectivity index (χ1) is 14.7. The summed E-state index contributed by atoms with van der Waals surface area (Å²) in [6, 6.07) is 0. The smallest absolute Gasteiger partial charge is 0.171 e. The van der Waals surface area contributed by atoms with Gasteiger partial charge in [0.05, 0.1) is 24.9 Å². The first kappa shape index (κ1) is 21.4. The summed E-state index contributed by atoms with van der Waals surface area (Å²) in [5.41, 5.74) is 0.233. The average Bonchev–Trinajstić information content (AvgIpc) is 3.18. The number of rotatable bonds is 0. The lowest BCUT2D eigenvalue weighted by molar-refractivity contribution is -0.274. The third-order valence-electron chi connectivity index (χ3n) is 12.0. The van der Waals surface area contributed by atoms with E-state index in [0.717, 1.165) is 45.1 Å². The van der Waals surface area contributed by atoms with E-state index in [9.17, 15) is 10.2 Å². The van der Waals surface area contributed by atoms with Gasteiger partial charge in [0.25, 0.3) is 0 Å². The summed E-state index contributed by atoms with van der Waals surface area (Å²) in [4.78, 5) is 0. The third kappa shape index (κ3) is 2.74. The highest BCUT2D eigenvalue weighted by Gasteiger charge is 2.71. The highest BCUT2D eigenvalue weighted by Crippen LogP contribution is 2.71. The van der Waals surface area contributed by atoms with Crippen molar-refractivity contribution in [3.8, 4) is 0 Å². The van der Waals surface area contributed by atoms with E-state index in [1.807, 2.05) is 0 Å². The molecular formula is C27H44O4. The van der Waals surface area contributed by atoms with Crippen molar-refractivity contribution in [2.24, 2.45) is 52.3 Å². The van der Waals surface area contributed by atoms with Gasteiger partial charge in [0.15, 0.2) is 5.79 Å². The topological polar surface area (TPSA) is 58.9 Å². The van der Waals surface area contributed by atoms with Gasteiger partial charge in [-0.05, 0) is 86.4 Å². The van der Waals surface area contributed by atoms with Crippen LogP contribution in [0.3, 0.4) is 0 Å². The zero-order chi connectivity index (χ0) is 21.8. The van der Waals surface area contributed by atoms with Gasteiger partial charge in [-0.3, -0.25) is 0 Å². The maximum atomic E-state index is 11.8. The fourth-order valence-corrected chi connectivity index (χ4v) is 10.2.